The molecule has 1 saturated heterocycles. The first-order valence-corrected chi connectivity index (χ1v) is 4.16. The maximum absolute atomic E-state index is 11.0. The fourth-order valence-electron chi connectivity index (χ4n) is 1.46. The Morgan fingerprint density at radius 2 is 2.46 bits per heavy atom. The molecule has 1 aromatic rings. The predicted molar refractivity (Wildman–Crippen MR) is 45.7 cm³/mol. The molecule has 2 N–H and O–H groups in total. The van der Waals surface area contributed by atoms with Gasteiger partial charge in [-0.15, -0.1) is 0 Å². The molecule has 4 heteroatoms. The number of pyridine rings is 1. The van der Waals surface area contributed by atoms with Gasteiger partial charge in [0, 0.05) is 18.8 Å². The van der Waals surface area contributed by atoms with Gasteiger partial charge in [0.2, 0.25) is 5.91 Å². The maximum atomic E-state index is 11.0. The van der Waals surface area contributed by atoms with Crippen LogP contribution in [-0.2, 0) is 4.79 Å². The van der Waals surface area contributed by atoms with Crippen molar-refractivity contribution >= 4 is 5.91 Å². The van der Waals surface area contributed by atoms with Crippen molar-refractivity contribution in [1.29, 1.82) is 0 Å². The molecule has 1 aromatic heterocycles. The summed E-state index contributed by atoms with van der Waals surface area (Å²) in [7, 11) is 0. The lowest BCUT2D eigenvalue weighted by Gasteiger charge is -2.07. The van der Waals surface area contributed by atoms with E-state index in [2.05, 4.69) is 10.3 Å². The van der Waals surface area contributed by atoms with Crippen molar-refractivity contribution in [3.05, 3.63) is 30.1 Å². The summed E-state index contributed by atoms with van der Waals surface area (Å²) in [5.74, 6) is -0.297. The van der Waals surface area contributed by atoms with E-state index in [-0.39, 0.29) is 11.9 Å². The molecule has 68 valence electrons. The zero-order valence-electron chi connectivity index (χ0n) is 6.97. The van der Waals surface area contributed by atoms with Gasteiger partial charge in [-0.05, 0) is 11.6 Å². The van der Waals surface area contributed by atoms with Crippen LogP contribution in [0.25, 0.3) is 0 Å². The van der Waals surface area contributed by atoms with Crippen molar-refractivity contribution in [2.75, 3.05) is 0 Å². The molecule has 0 aliphatic carbocycles. The Bertz CT molecular complexity index is 313. The number of aliphatic hydroxyl groups excluding tert-OH is 1. The maximum Gasteiger partial charge on any atom is 0.249 e. The molecule has 0 bridgehead atoms. The van der Waals surface area contributed by atoms with Gasteiger partial charge in [0.15, 0.2) is 0 Å². The Balaban J connectivity index is 2.17. The number of carbonyl (C=O) groups is 1. The highest BCUT2D eigenvalue weighted by Gasteiger charge is 2.30. The summed E-state index contributed by atoms with van der Waals surface area (Å²) in [5.41, 5.74) is 0.937. The third-order valence-electron chi connectivity index (χ3n) is 2.16. The monoisotopic (exact) mass is 178 g/mol. The van der Waals surface area contributed by atoms with Crippen molar-refractivity contribution in [2.45, 2.75) is 18.6 Å². The second kappa shape index (κ2) is 3.14. The van der Waals surface area contributed by atoms with Crippen molar-refractivity contribution in [1.82, 2.24) is 10.3 Å². The fourth-order valence-corrected chi connectivity index (χ4v) is 1.46. The van der Waals surface area contributed by atoms with E-state index in [9.17, 15) is 9.90 Å². The number of nitrogens with zero attached hydrogens (tertiary/aromatic N) is 1. The van der Waals surface area contributed by atoms with Crippen LogP contribution < -0.4 is 5.32 Å². The van der Waals surface area contributed by atoms with Crippen molar-refractivity contribution in [2.24, 2.45) is 0 Å². The van der Waals surface area contributed by atoms with Gasteiger partial charge in [-0.1, -0.05) is 6.07 Å². The Labute approximate surface area is 75.6 Å². The fraction of sp³-hybridized carbons (Fsp3) is 0.333. The molecule has 1 aliphatic heterocycles. The van der Waals surface area contributed by atoms with Gasteiger partial charge in [0.05, 0.1) is 6.04 Å². The number of carbonyl (C=O) groups excluding carboxylic acids is 1. The molecule has 0 unspecified atom stereocenters. The van der Waals surface area contributed by atoms with Crippen molar-refractivity contribution in [3.8, 4) is 0 Å². The third kappa shape index (κ3) is 1.53. The topological polar surface area (TPSA) is 62.2 Å². The summed E-state index contributed by atoms with van der Waals surface area (Å²) in [5, 5.41) is 11.9. The van der Waals surface area contributed by atoms with E-state index in [0.29, 0.717) is 6.42 Å². The van der Waals surface area contributed by atoms with Gasteiger partial charge in [-0.25, -0.2) is 0 Å². The number of hydrogen-bond donors (Lipinski definition) is 2. The van der Waals surface area contributed by atoms with E-state index in [0.717, 1.165) is 5.56 Å². The Kier molecular flexibility index (Phi) is 1.98. The summed E-state index contributed by atoms with van der Waals surface area (Å²) in [6.45, 7) is 0. The molecule has 4 nitrogen and oxygen atoms in total. The number of aliphatic hydroxyl groups is 1. The van der Waals surface area contributed by atoms with Crippen LogP contribution in [-0.4, -0.2) is 22.1 Å². The van der Waals surface area contributed by atoms with E-state index in [1.807, 2.05) is 12.1 Å². The molecule has 1 aliphatic rings. The van der Waals surface area contributed by atoms with Gasteiger partial charge in [0.1, 0.15) is 6.10 Å². The highest BCUT2D eigenvalue weighted by Crippen LogP contribution is 2.22. The molecule has 1 fully saturated rings. The lowest BCUT2D eigenvalue weighted by atomic mass is 10.1. The van der Waals surface area contributed by atoms with Crippen LogP contribution in [0.15, 0.2) is 24.5 Å². The van der Waals surface area contributed by atoms with Crippen molar-refractivity contribution in [3.63, 3.8) is 0 Å². The van der Waals surface area contributed by atoms with E-state index in [4.69, 9.17) is 0 Å². The molecule has 2 atom stereocenters. The summed E-state index contributed by atoms with van der Waals surface area (Å²) >= 11 is 0. The first-order chi connectivity index (χ1) is 6.27. The first kappa shape index (κ1) is 8.19. The number of amides is 1. The highest BCUT2D eigenvalue weighted by atomic mass is 16.3. The van der Waals surface area contributed by atoms with Crippen LogP contribution in [0.4, 0.5) is 0 Å². The second-order valence-electron chi connectivity index (χ2n) is 3.10. The van der Waals surface area contributed by atoms with Gasteiger partial charge in [0.25, 0.3) is 0 Å². The standard InChI is InChI=1S/C9H10N2O2/c12-8-4-7(11-9(8)13)6-2-1-3-10-5-6/h1-3,5,7-8,12H,4H2,(H,11,13)/t7-,8+/m0/s1. The zero-order valence-corrected chi connectivity index (χ0v) is 6.97. The molecule has 0 spiro atoms. The SMILES string of the molecule is O=C1N[C@H](c2cccnc2)C[C@H]1O. The molecular weight excluding hydrogens is 168 g/mol. The summed E-state index contributed by atoms with van der Waals surface area (Å²) < 4.78 is 0. The average molecular weight is 178 g/mol. The van der Waals surface area contributed by atoms with Gasteiger partial charge in [-0.3, -0.25) is 9.78 Å². The summed E-state index contributed by atoms with van der Waals surface area (Å²) in [4.78, 5) is 14.9. The quantitative estimate of drug-likeness (QED) is 0.636. The van der Waals surface area contributed by atoms with E-state index in [1.54, 1.807) is 12.4 Å². The molecule has 2 rings (SSSR count). The van der Waals surface area contributed by atoms with Crippen LogP contribution in [0.2, 0.25) is 0 Å². The zero-order chi connectivity index (χ0) is 9.26. The van der Waals surface area contributed by atoms with Gasteiger partial charge < -0.3 is 10.4 Å². The smallest absolute Gasteiger partial charge is 0.249 e. The number of aromatic nitrogens is 1. The number of nitrogens with one attached hydrogen (secondary N) is 1. The van der Waals surface area contributed by atoms with Crippen LogP contribution in [0.1, 0.15) is 18.0 Å². The van der Waals surface area contributed by atoms with Crippen molar-refractivity contribution < 1.29 is 9.90 Å². The van der Waals surface area contributed by atoms with E-state index < -0.39 is 6.10 Å². The number of rotatable bonds is 1. The minimum Gasteiger partial charge on any atom is -0.383 e. The molecular formula is C9H10N2O2. The average Bonchev–Trinajstić information content (AvgIpc) is 2.49. The second-order valence-corrected chi connectivity index (χ2v) is 3.10. The lowest BCUT2D eigenvalue weighted by molar-refractivity contribution is -0.126. The van der Waals surface area contributed by atoms with E-state index in [1.165, 1.54) is 0 Å². The Hall–Kier alpha value is -1.42. The summed E-state index contributed by atoms with van der Waals surface area (Å²) in [6, 6.07) is 3.61. The molecule has 2 heterocycles. The normalized spacial score (nSPS) is 27.3. The van der Waals surface area contributed by atoms with Crippen LogP contribution in [0, 0.1) is 0 Å². The van der Waals surface area contributed by atoms with E-state index >= 15 is 0 Å². The predicted octanol–water partition coefficient (Wildman–Crippen LogP) is 0.00350. The first-order valence-electron chi connectivity index (χ1n) is 4.16. The minimum atomic E-state index is -0.870. The van der Waals surface area contributed by atoms with Crippen LogP contribution in [0.3, 0.4) is 0 Å². The van der Waals surface area contributed by atoms with Crippen LogP contribution >= 0.6 is 0 Å². The summed E-state index contributed by atoms with van der Waals surface area (Å²) in [6.07, 6.45) is 2.94. The molecule has 1 amide bonds. The molecule has 0 aromatic carbocycles. The minimum absolute atomic E-state index is 0.0869. The van der Waals surface area contributed by atoms with Gasteiger partial charge in [-0.2, -0.15) is 0 Å². The molecule has 0 radical (unpaired) electrons. The third-order valence-corrected chi connectivity index (χ3v) is 2.16. The molecule has 13 heavy (non-hydrogen) atoms. The number of hydrogen-bond acceptors (Lipinski definition) is 3. The van der Waals surface area contributed by atoms with Crippen LogP contribution in [0.5, 0.6) is 0 Å². The Morgan fingerprint density at radius 3 is 3.00 bits per heavy atom. The van der Waals surface area contributed by atoms with Gasteiger partial charge >= 0.3 is 0 Å². The highest BCUT2D eigenvalue weighted by molar-refractivity contribution is 5.83. The molecule has 0 saturated carbocycles. The Morgan fingerprint density at radius 1 is 1.62 bits per heavy atom. The largest absolute Gasteiger partial charge is 0.383 e. The lowest BCUT2D eigenvalue weighted by Crippen LogP contribution is -2.23.